The molecule has 0 spiro atoms. The molecule has 0 saturated heterocycles. The van der Waals surface area contributed by atoms with Crippen molar-refractivity contribution in [2.24, 2.45) is 0 Å². The molecule has 25 heavy (non-hydrogen) atoms. The van der Waals surface area contributed by atoms with Crippen LogP contribution in [0.25, 0.3) is 22.3 Å². The first-order valence-electron chi connectivity index (χ1n) is 7.66. The van der Waals surface area contributed by atoms with Crippen LogP contribution < -0.4 is 5.73 Å². The lowest BCUT2D eigenvalue weighted by molar-refractivity contribution is -0.383. The molecule has 2 N–H and O–H groups in total. The fourth-order valence-corrected chi connectivity index (χ4v) is 2.81. The minimum atomic E-state index is -0.530. The monoisotopic (exact) mass is 329 g/mol. The quantitative estimate of drug-likeness (QED) is 0.428. The second kappa shape index (κ2) is 6.46. The normalized spacial score (nSPS) is 10.2. The molecule has 0 radical (unpaired) electrons. The van der Waals surface area contributed by atoms with E-state index in [9.17, 15) is 15.4 Å². The molecule has 0 saturated carbocycles. The highest BCUT2D eigenvalue weighted by atomic mass is 16.6. The third-order valence-corrected chi connectivity index (χ3v) is 4.08. The topological polar surface area (TPSA) is 92.9 Å². The Morgan fingerprint density at radius 3 is 2.16 bits per heavy atom. The number of nitrogens with zero attached hydrogens (tertiary/aromatic N) is 2. The maximum Gasteiger partial charge on any atom is 0.301 e. The summed E-state index contributed by atoms with van der Waals surface area (Å²) in [5.74, 6) is 0. The van der Waals surface area contributed by atoms with Gasteiger partial charge in [-0.15, -0.1) is 0 Å². The van der Waals surface area contributed by atoms with Gasteiger partial charge in [-0.1, -0.05) is 60.2 Å². The summed E-state index contributed by atoms with van der Waals surface area (Å²) >= 11 is 0. The Hall–Kier alpha value is -3.65. The molecule has 0 aliphatic heterocycles. The third-order valence-electron chi connectivity index (χ3n) is 4.08. The summed E-state index contributed by atoms with van der Waals surface area (Å²) in [6.07, 6.45) is 0. The van der Waals surface area contributed by atoms with Crippen molar-refractivity contribution in [3.05, 3.63) is 81.9 Å². The zero-order valence-electron chi connectivity index (χ0n) is 13.6. The van der Waals surface area contributed by atoms with Gasteiger partial charge in [0.05, 0.1) is 16.1 Å². The number of nitriles is 1. The van der Waals surface area contributed by atoms with Gasteiger partial charge < -0.3 is 5.73 Å². The van der Waals surface area contributed by atoms with E-state index in [0.29, 0.717) is 16.7 Å². The van der Waals surface area contributed by atoms with Crippen LogP contribution in [0, 0.1) is 28.4 Å². The van der Waals surface area contributed by atoms with Gasteiger partial charge in [0.2, 0.25) is 0 Å². The van der Waals surface area contributed by atoms with E-state index in [2.05, 4.69) is 0 Å². The summed E-state index contributed by atoms with van der Waals surface area (Å²) in [5.41, 5.74) is 9.36. The number of aryl methyl sites for hydroxylation is 1. The minimum Gasteiger partial charge on any atom is -0.392 e. The molecule has 0 aromatic heterocycles. The van der Waals surface area contributed by atoms with Crippen molar-refractivity contribution >= 4 is 11.4 Å². The Morgan fingerprint density at radius 2 is 1.60 bits per heavy atom. The van der Waals surface area contributed by atoms with E-state index in [-0.39, 0.29) is 16.9 Å². The Labute approximate surface area is 145 Å². The van der Waals surface area contributed by atoms with Crippen LogP contribution in [0.2, 0.25) is 0 Å². The van der Waals surface area contributed by atoms with Crippen LogP contribution in [-0.4, -0.2) is 4.92 Å². The summed E-state index contributed by atoms with van der Waals surface area (Å²) in [6.45, 7) is 1.97. The van der Waals surface area contributed by atoms with Gasteiger partial charge in [-0.05, 0) is 24.1 Å². The number of anilines is 1. The van der Waals surface area contributed by atoms with Crippen molar-refractivity contribution < 1.29 is 4.92 Å². The molecule has 0 bridgehead atoms. The zero-order chi connectivity index (χ0) is 18.0. The molecule has 3 aromatic carbocycles. The third kappa shape index (κ3) is 2.93. The van der Waals surface area contributed by atoms with E-state index in [4.69, 9.17) is 5.73 Å². The molecule has 5 heteroatoms. The number of hydrogen-bond acceptors (Lipinski definition) is 4. The lowest BCUT2D eigenvalue weighted by atomic mass is 9.91. The van der Waals surface area contributed by atoms with Crippen molar-refractivity contribution in [2.45, 2.75) is 6.92 Å². The molecule has 5 nitrogen and oxygen atoms in total. The smallest absolute Gasteiger partial charge is 0.301 e. The molecule has 3 aromatic rings. The first-order chi connectivity index (χ1) is 12.0. The maximum absolute atomic E-state index is 11.6. The largest absolute Gasteiger partial charge is 0.392 e. The minimum absolute atomic E-state index is 0.107. The second-order valence-corrected chi connectivity index (χ2v) is 5.71. The van der Waals surface area contributed by atoms with Crippen molar-refractivity contribution in [1.82, 2.24) is 0 Å². The van der Waals surface area contributed by atoms with Gasteiger partial charge >= 0.3 is 5.69 Å². The van der Waals surface area contributed by atoms with E-state index in [1.807, 2.05) is 43.3 Å². The van der Waals surface area contributed by atoms with Gasteiger partial charge in [0, 0.05) is 5.56 Å². The van der Waals surface area contributed by atoms with Gasteiger partial charge in [-0.2, -0.15) is 5.26 Å². The first kappa shape index (κ1) is 16.2. The molecule has 0 unspecified atom stereocenters. The molecule has 0 heterocycles. The van der Waals surface area contributed by atoms with Crippen LogP contribution in [0.5, 0.6) is 0 Å². The van der Waals surface area contributed by atoms with Gasteiger partial charge in [0.25, 0.3) is 0 Å². The van der Waals surface area contributed by atoms with E-state index in [1.54, 1.807) is 30.3 Å². The molecular formula is C20H15N3O2. The van der Waals surface area contributed by atoms with Gasteiger partial charge in [0.1, 0.15) is 11.8 Å². The fourth-order valence-electron chi connectivity index (χ4n) is 2.81. The van der Waals surface area contributed by atoms with Gasteiger partial charge in [-0.3, -0.25) is 10.1 Å². The summed E-state index contributed by atoms with van der Waals surface area (Å²) in [5, 5.41) is 21.1. The number of benzene rings is 3. The average molecular weight is 329 g/mol. The number of nitrogen functional groups attached to an aromatic ring is 1. The van der Waals surface area contributed by atoms with Crippen molar-refractivity contribution in [3.63, 3.8) is 0 Å². The Kier molecular flexibility index (Phi) is 4.19. The highest BCUT2D eigenvalue weighted by molar-refractivity contribution is 5.92. The molecule has 0 aliphatic rings. The molecule has 122 valence electrons. The fraction of sp³-hybridized carbons (Fsp3) is 0.0500. The maximum atomic E-state index is 11.6. The average Bonchev–Trinajstić information content (AvgIpc) is 2.62. The van der Waals surface area contributed by atoms with Crippen LogP contribution in [-0.2, 0) is 0 Å². The highest BCUT2D eigenvalue weighted by Crippen LogP contribution is 2.42. The molecule has 0 aliphatic carbocycles. The summed E-state index contributed by atoms with van der Waals surface area (Å²) in [6, 6.07) is 20.3. The van der Waals surface area contributed by atoms with Crippen LogP contribution in [0.3, 0.4) is 0 Å². The van der Waals surface area contributed by atoms with Gasteiger partial charge in [-0.25, -0.2) is 0 Å². The molecular weight excluding hydrogens is 314 g/mol. The van der Waals surface area contributed by atoms with Crippen LogP contribution in [0.1, 0.15) is 11.1 Å². The van der Waals surface area contributed by atoms with Crippen molar-refractivity contribution in [3.8, 4) is 28.3 Å². The number of rotatable bonds is 3. The van der Waals surface area contributed by atoms with Crippen molar-refractivity contribution in [1.29, 1.82) is 5.26 Å². The number of nitro benzene ring substituents is 1. The van der Waals surface area contributed by atoms with E-state index >= 15 is 0 Å². The van der Waals surface area contributed by atoms with E-state index < -0.39 is 4.92 Å². The Balaban J connectivity index is 2.37. The van der Waals surface area contributed by atoms with Crippen LogP contribution in [0.15, 0.2) is 60.7 Å². The SMILES string of the molecule is Cc1ccc(-c2cc(-c3ccccc3)c([N+](=O)[O-])c(N)c2C#N)cc1. The predicted molar refractivity (Wildman–Crippen MR) is 97.8 cm³/mol. The Bertz CT molecular complexity index is 988. The highest BCUT2D eigenvalue weighted by Gasteiger charge is 2.25. The van der Waals surface area contributed by atoms with E-state index in [0.717, 1.165) is 11.1 Å². The summed E-state index contributed by atoms with van der Waals surface area (Å²) in [7, 11) is 0. The molecule has 0 atom stereocenters. The standard InChI is InChI=1S/C20H15N3O2/c1-13-7-9-15(10-8-13)16-11-17(14-5-3-2-4-6-14)20(23(24)25)19(22)18(16)12-21/h2-11H,22H2,1H3. The van der Waals surface area contributed by atoms with Crippen molar-refractivity contribution in [2.75, 3.05) is 5.73 Å². The first-order valence-corrected chi connectivity index (χ1v) is 7.66. The number of hydrogen-bond donors (Lipinski definition) is 1. The zero-order valence-corrected chi connectivity index (χ0v) is 13.6. The second-order valence-electron chi connectivity index (χ2n) is 5.71. The Morgan fingerprint density at radius 1 is 1.00 bits per heavy atom. The lowest BCUT2D eigenvalue weighted by Crippen LogP contribution is -2.03. The van der Waals surface area contributed by atoms with Crippen LogP contribution in [0.4, 0.5) is 11.4 Å². The molecule has 0 amide bonds. The predicted octanol–water partition coefficient (Wildman–Crippen LogP) is 4.69. The lowest BCUT2D eigenvalue weighted by Gasteiger charge is -2.12. The van der Waals surface area contributed by atoms with Gasteiger partial charge in [0.15, 0.2) is 0 Å². The number of nitro groups is 1. The van der Waals surface area contributed by atoms with E-state index in [1.165, 1.54) is 0 Å². The summed E-state index contributed by atoms with van der Waals surface area (Å²) < 4.78 is 0. The molecule has 0 fully saturated rings. The van der Waals surface area contributed by atoms with Crippen LogP contribution >= 0.6 is 0 Å². The summed E-state index contributed by atoms with van der Waals surface area (Å²) in [4.78, 5) is 11.1. The molecule has 3 rings (SSSR count). The number of nitrogens with two attached hydrogens (primary N) is 1.